The van der Waals surface area contributed by atoms with Crippen LogP contribution in [0.3, 0.4) is 0 Å². The van der Waals surface area contributed by atoms with E-state index in [9.17, 15) is 4.79 Å². The third kappa shape index (κ3) is 5.14. The molecular formula is C16H27NO2. The quantitative estimate of drug-likeness (QED) is 0.710. The molecule has 108 valence electrons. The highest BCUT2D eigenvalue weighted by atomic mass is 16.6. The number of carbonyl (C=O) groups is 1. The van der Waals surface area contributed by atoms with Gasteiger partial charge in [-0.05, 0) is 45.4 Å². The SMILES string of the molecule is C#CCCC1CCC(C)(C)CN1C(=O)OC(C)(C)C. The topological polar surface area (TPSA) is 29.5 Å². The fourth-order valence-electron chi connectivity index (χ4n) is 2.47. The molecule has 0 aliphatic carbocycles. The lowest BCUT2D eigenvalue weighted by atomic mass is 9.80. The Balaban J connectivity index is 2.76. The third-order valence-corrected chi connectivity index (χ3v) is 3.44. The van der Waals surface area contributed by atoms with Crippen LogP contribution in [0.4, 0.5) is 4.79 Å². The molecule has 1 fully saturated rings. The van der Waals surface area contributed by atoms with Crippen LogP contribution in [0.2, 0.25) is 0 Å². The molecule has 1 unspecified atom stereocenters. The highest BCUT2D eigenvalue weighted by Gasteiger charge is 2.37. The summed E-state index contributed by atoms with van der Waals surface area (Å²) >= 11 is 0. The van der Waals surface area contributed by atoms with Crippen LogP contribution in [0.1, 0.15) is 60.3 Å². The van der Waals surface area contributed by atoms with E-state index in [2.05, 4.69) is 19.8 Å². The first kappa shape index (κ1) is 15.9. The van der Waals surface area contributed by atoms with Gasteiger partial charge in [-0.3, -0.25) is 0 Å². The van der Waals surface area contributed by atoms with Crippen molar-refractivity contribution in [2.24, 2.45) is 5.41 Å². The Bertz CT molecular complexity index is 360. The Morgan fingerprint density at radius 1 is 1.47 bits per heavy atom. The van der Waals surface area contributed by atoms with Gasteiger partial charge in [-0.15, -0.1) is 12.3 Å². The van der Waals surface area contributed by atoms with Crippen LogP contribution in [0.15, 0.2) is 0 Å². The molecule has 0 spiro atoms. The average Bonchev–Trinajstić information content (AvgIpc) is 2.24. The molecule has 1 amide bonds. The van der Waals surface area contributed by atoms with E-state index < -0.39 is 5.60 Å². The molecule has 1 aliphatic rings. The zero-order chi connectivity index (χ0) is 14.7. The van der Waals surface area contributed by atoms with Gasteiger partial charge in [0.1, 0.15) is 5.60 Å². The molecule has 0 N–H and O–H groups in total. The van der Waals surface area contributed by atoms with Gasteiger partial charge in [0.25, 0.3) is 0 Å². The normalized spacial score (nSPS) is 22.7. The highest BCUT2D eigenvalue weighted by Crippen LogP contribution is 2.34. The molecule has 0 aromatic rings. The van der Waals surface area contributed by atoms with Crippen LogP contribution >= 0.6 is 0 Å². The predicted octanol–water partition coefficient (Wildman–Crippen LogP) is 3.83. The van der Waals surface area contributed by atoms with E-state index >= 15 is 0 Å². The van der Waals surface area contributed by atoms with Gasteiger partial charge < -0.3 is 9.64 Å². The number of likely N-dealkylation sites (tertiary alicyclic amines) is 1. The largest absolute Gasteiger partial charge is 0.444 e. The summed E-state index contributed by atoms with van der Waals surface area (Å²) in [6, 6.07) is 0.221. The van der Waals surface area contributed by atoms with Crippen molar-refractivity contribution < 1.29 is 9.53 Å². The second-order valence-electron chi connectivity index (χ2n) is 7.21. The fraction of sp³-hybridized carbons (Fsp3) is 0.812. The predicted molar refractivity (Wildman–Crippen MR) is 77.8 cm³/mol. The minimum atomic E-state index is -0.449. The second kappa shape index (κ2) is 5.86. The Hall–Kier alpha value is -1.17. The molecule has 3 heteroatoms. The molecule has 0 aromatic heterocycles. The molecule has 3 nitrogen and oxygen atoms in total. The highest BCUT2D eigenvalue weighted by molar-refractivity contribution is 5.68. The van der Waals surface area contributed by atoms with Crippen LogP contribution in [0.5, 0.6) is 0 Å². The maximum absolute atomic E-state index is 12.3. The lowest BCUT2D eigenvalue weighted by Gasteiger charge is -2.43. The standard InChI is InChI=1S/C16H27NO2/c1-7-8-9-13-10-11-16(5,6)12-17(13)14(18)19-15(2,3)4/h1,13H,8-12H2,2-6H3. The van der Waals surface area contributed by atoms with Crippen LogP contribution in [0.25, 0.3) is 0 Å². The van der Waals surface area contributed by atoms with Gasteiger partial charge in [0.2, 0.25) is 0 Å². The molecule has 0 radical (unpaired) electrons. The van der Waals surface area contributed by atoms with Crippen LogP contribution in [0, 0.1) is 17.8 Å². The Labute approximate surface area is 117 Å². The summed E-state index contributed by atoms with van der Waals surface area (Å²) in [5.74, 6) is 2.66. The molecule has 1 heterocycles. The summed E-state index contributed by atoms with van der Waals surface area (Å²) in [4.78, 5) is 14.2. The van der Waals surface area contributed by atoms with Gasteiger partial charge in [0.15, 0.2) is 0 Å². The molecule has 1 atom stereocenters. The molecule has 0 saturated carbocycles. The van der Waals surface area contributed by atoms with Crippen molar-refractivity contribution in [2.75, 3.05) is 6.54 Å². The van der Waals surface area contributed by atoms with Gasteiger partial charge in [-0.25, -0.2) is 4.79 Å². The summed E-state index contributed by atoms with van der Waals surface area (Å²) < 4.78 is 5.52. The van der Waals surface area contributed by atoms with Crippen molar-refractivity contribution in [3.05, 3.63) is 0 Å². The Kier molecular flexibility index (Phi) is 4.90. The Morgan fingerprint density at radius 2 is 2.11 bits per heavy atom. The number of carbonyl (C=O) groups excluding carboxylic acids is 1. The first-order chi connectivity index (χ1) is 8.64. The minimum absolute atomic E-state index is 0.156. The first-order valence-electron chi connectivity index (χ1n) is 7.08. The number of piperidine rings is 1. The minimum Gasteiger partial charge on any atom is -0.444 e. The van der Waals surface area contributed by atoms with E-state index in [4.69, 9.17) is 11.2 Å². The van der Waals surface area contributed by atoms with Gasteiger partial charge in [-0.2, -0.15) is 0 Å². The van der Waals surface area contributed by atoms with Gasteiger partial charge in [0.05, 0.1) is 0 Å². The molecule has 19 heavy (non-hydrogen) atoms. The zero-order valence-electron chi connectivity index (χ0n) is 13.0. The fourth-order valence-corrected chi connectivity index (χ4v) is 2.47. The summed E-state index contributed by atoms with van der Waals surface area (Å²) in [6.45, 7) is 10.8. The summed E-state index contributed by atoms with van der Waals surface area (Å²) in [5.41, 5.74) is -0.293. The second-order valence-corrected chi connectivity index (χ2v) is 7.21. The van der Waals surface area contributed by atoms with Crippen molar-refractivity contribution in [3.63, 3.8) is 0 Å². The molecular weight excluding hydrogens is 238 g/mol. The van der Waals surface area contributed by atoms with Gasteiger partial charge >= 0.3 is 6.09 Å². The average molecular weight is 265 g/mol. The van der Waals surface area contributed by atoms with E-state index in [0.29, 0.717) is 6.42 Å². The van der Waals surface area contributed by atoms with Crippen LogP contribution in [-0.4, -0.2) is 29.2 Å². The van der Waals surface area contributed by atoms with E-state index in [-0.39, 0.29) is 17.6 Å². The van der Waals surface area contributed by atoms with E-state index in [1.807, 2.05) is 25.7 Å². The smallest absolute Gasteiger partial charge is 0.410 e. The monoisotopic (exact) mass is 265 g/mol. The lowest BCUT2D eigenvalue weighted by Crippen LogP contribution is -2.51. The third-order valence-electron chi connectivity index (χ3n) is 3.44. The number of hydrogen-bond donors (Lipinski definition) is 0. The Morgan fingerprint density at radius 3 is 2.63 bits per heavy atom. The van der Waals surface area contributed by atoms with Crippen molar-refractivity contribution >= 4 is 6.09 Å². The maximum Gasteiger partial charge on any atom is 0.410 e. The van der Waals surface area contributed by atoms with Crippen molar-refractivity contribution in [1.29, 1.82) is 0 Å². The maximum atomic E-state index is 12.3. The summed E-state index contributed by atoms with van der Waals surface area (Å²) in [7, 11) is 0. The van der Waals surface area contributed by atoms with E-state index in [1.54, 1.807) is 0 Å². The van der Waals surface area contributed by atoms with Gasteiger partial charge in [0, 0.05) is 19.0 Å². The number of ether oxygens (including phenoxy) is 1. The molecule has 0 aromatic carbocycles. The van der Waals surface area contributed by atoms with Crippen molar-refractivity contribution in [3.8, 4) is 12.3 Å². The van der Waals surface area contributed by atoms with Crippen molar-refractivity contribution in [1.82, 2.24) is 4.90 Å². The lowest BCUT2D eigenvalue weighted by molar-refractivity contribution is -0.00845. The van der Waals surface area contributed by atoms with E-state index in [0.717, 1.165) is 25.8 Å². The summed E-state index contributed by atoms with van der Waals surface area (Å²) in [6.07, 6.45) is 8.85. The van der Waals surface area contributed by atoms with Gasteiger partial charge in [-0.1, -0.05) is 13.8 Å². The van der Waals surface area contributed by atoms with Crippen LogP contribution < -0.4 is 0 Å². The number of terminal acetylenes is 1. The molecule has 1 saturated heterocycles. The first-order valence-corrected chi connectivity index (χ1v) is 7.08. The molecule has 1 rings (SSSR count). The number of amides is 1. The summed E-state index contributed by atoms with van der Waals surface area (Å²) in [5, 5.41) is 0. The number of rotatable bonds is 2. The van der Waals surface area contributed by atoms with E-state index in [1.165, 1.54) is 0 Å². The van der Waals surface area contributed by atoms with Crippen LogP contribution in [-0.2, 0) is 4.74 Å². The zero-order valence-corrected chi connectivity index (χ0v) is 13.0. The van der Waals surface area contributed by atoms with Crippen molar-refractivity contribution in [2.45, 2.75) is 71.9 Å². The number of hydrogen-bond acceptors (Lipinski definition) is 2. The molecule has 0 bridgehead atoms. The molecule has 1 aliphatic heterocycles. The number of nitrogens with zero attached hydrogens (tertiary/aromatic N) is 1.